The molecule has 0 bridgehead atoms. The van der Waals surface area contributed by atoms with Crippen molar-refractivity contribution in [2.45, 2.75) is 13.5 Å². The van der Waals surface area contributed by atoms with E-state index in [-0.39, 0.29) is 0 Å². The minimum Gasteiger partial charge on any atom is -0.448 e. The number of fused-ring (bicyclic) bond motifs is 1. The highest BCUT2D eigenvalue weighted by atomic mass is 16.3. The lowest BCUT2D eigenvalue weighted by Crippen LogP contribution is -2.25. The fraction of sp³-hybridized carbons (Fsp3) is 0.727. The van der Waals surface area contributed by atoms with Gasteiger partial charge in [-0.3, -0.25) is 4.90 Å². The van der Waals surface area contributed by atoms with Gasteiger partial charge < -0.3 is 9.73 Å². The van der Waals surface area contributed by atoms with Crippen molar-refractivity contribution in [3.63, 3.8) is 0 Å². The zero-order valence-corrected chi connectivity index (χ0v) is 9.07. The Balaban J connectivity index is 1.64. The summed E-state index contributed by atoms with van der Waals surface area (Å²) in [4.78, 5) is 6.75. The summed E-state index contributed by atoms with van der Waals surface area (Å²) in [5, 5.41) is 3.45. The maximum absolute atomic E-state index is 5.22. The van der Waals surface area contributed by atoms with Crippen molar-refractivity contribution in [2.75, 3.05) is 26.2 Å². The van der Waals surface area contributed by atoms with Gasteiger partial charge in [0.05, 0.1) is 5.69 Å². The molecule has 0 saturated carbocycles. The highest BCUT2D eigenvalue weighted by molar-refractivity contribution is 5.05. The zero-order chi connectivity index (χ0) is 10.3. The van der Waals surface area contributed by atoms with Gasteiger partial charge >= 0.3 is 0 Å². The van der Waals surface area contributed by atoms with Crippen LogP contribution in [0.25, 0.3) is 0 Å². The second-order valence-corrected chi connectivity index (χ2v) is 4.73. The molecule has 1 aromatic rings. The largest absolute Gasteiger partial charge is 0.448 e. The summed E-state index contributed by atoms with van der Waals surface area (Å²) in [6, 6.07) is 0. The number of likely N-dealkylation sites (tertiary alicyclic amines) is 1. The number of oxazole rings is 1. The molecule has 0 aromatic carbocycles. The third-order valence-corrected chi connectivity index (χ3v) is 3.68. The Morgan fingerprint density at radius 1 is 1.47 bits per heavy atom. The van der Waals surface area contributed by atoms with E-state index in [1.165, 1.54) is 26.2 Å². The van der Waals surface area contributed by atoms with Gasteiger partial charge in [-0.25, -0.2) is 4.98 Å². The first-order valence-corrected chi connectivity index (χ1v) is 5.65. The molecule has 4 heteroatoms. The van der Waals surface area contributed by atoms with Crippen LogP contribution in [0.1, 0.15) is 11.5 Å². The summed E-state index contributed by atoms with van der Waals surface area (Å²) in [5.74, 6) is 2.68. The van der Waals surface area contributed by atoms with Gasteiger partial charge in [-0.05, 0) is 31.8 Å². The van der Waals surface area contributed by atoms with Crippen molar-refractivity contribution >= 4 is 0 Å². The van der Waals surface area contributed by atoms with Crippen molar-refractivity contribution in [3.8, 4) is 0 Å². The topological polar surface area (TPSA) is 41.3 Å². The monoisotopic (exact) mass is 207 g/mol. The summed E-state index contributed by atoms with van der Waals surface area (Å²) in [6.07, 6.45) is 1.54. The van der Waals surface area contributed by atoms with Gasteiger partial charge in [-0.15, -0.1) is 0 Å². The first-order chi connectivity index (χ1) is 7.33. The first kappa shape index (κ1) is 9.36. The Hall–Kier alpha value is -0.870. The Bertz CT molecular complexity index is 337. The third kappa shape index (κ3) is 1.68. The van der Waals surface area contributed by atoms with E-state index in [0.29, 0.717) is 0 Å². The number of aromatic nitrogens is 1. The van der Waals surface area contributed by atoms with Gasteiger partial charge in [0.15, 0.2) is 6.39 Å². The summed E-state index contributed by atoms with van der Waals surface area (Å²) in [6.45, 7) is 7.75. The maximum Gasteiger partial charge on any atom is 0.181 e. The van der Waals surface area contributed by atoms with Crippen LogP contribution in [0.2, 0.25) is 0 Å². The molecule has 3 heterocycles. The molecular formula is C11H17N3O. The number of nitrogens with one attached hydrogen (secondary N) is 1. The molecular weight excluding hydrogens is 190 g/mol. The van der Waals surface area contributed by atoms with Crippen LogP contribution in [0.15, 0.2) is 10.8 Å². The number of hydrogen-bond donors (Lipinski definition) is 1. The fourth-order valence-corrected chi connectivity index (χ4v) is 2.77. The molecule has 1 aromatic heterocycles. The lowest BCUT2D eigenvalue weighted by atomic mass is 10.0. The number of aryl methyl sites for hydroxylation is 1. The van der Waals surface area contributed by atoms with E-state index in [0.717, 1.165) is 29.8 Å². The minimum atomic E-state index is 0.859. The highest BCUT2D eigenvalue weighted by Gasteiger charge is 2.36. The fourth-order valence-electron chi connectivity index (χ4n) is 2.77. The van der Waals surface area contributed by atoms with E-state index >= 15 is 0 Å². The molecule has 0 amide bonds. The molecule has 2 atom stereocenters. The maximum atomic E-state index is 5.22. The highest BCUT2D eigenvalue weighted by Crippen LogP contribution is 2.27. The number of rotatable bonds is 2. The van der Waals surface area contributed by atoms with Gasteiger partial charge in [-0.2, -0.15) is 0 Å². The minimum absolute atomic E-state index is 0.859. The Morgan fingerprint density at radius 3 is 2.80 bits per heavy atom. The van der Waals surface area contributed by atoms with Gasteiger partial charge in [-0.1, -0.05) is 0 Å². The SMILES string of the molecule is Cc1ocnc1CN1CC2CNCC2C1. The molecule has 2 fully saturated rings. The lowest BCUT2D eigenvalue weighted by molar-refractivity contribution is 0.300. The average Bonchev–Trinajstić information content (AvgIpc) is 2.83. The smallest absolute Gasteiger partial charge is 0.181 e. The molecule has 0 aliphatic carbocycles. The van der Waals surface area contributed by atoms with E-state index in [2.05, 4.69) is 15.2 Å². The summed E-state index contributed by atoms with van der Waals surface area (Å²) >= 11 is 0. The standard InChI is InChI=1S/C11H17N3O/c1-8-11(13-7-15-8)6-14-4-9-2-12-3-10(9)5-14/h7,9-10,12H,2-6H2,1H3. The molecule has 1 N–H and O–H groups in total. The molecule has 15 heavy (non-hydrogen) atoms. The van der Waals surface area contributed by atoms with Gasteiger partial charge in [0.2, 0.25) is 0 Å². The predicted octanol–water partition coefficient (Wildman–Crippen LogP) is 0.634. The molecule has 4 nitrogen and oxygen atoms in total. The number of nitrogens with zero attached hydrogens (tertiary/aromatic N) is 2. The van der Waals surface area contributed by atoms with E-state index in [4.69, 9.17) is 4.42 Å². The van der Waals surface area contributed by atoms with Crippen molar-refractivity contribution in [2.24, 2.45) is 11.8 Å². The molecule has 3 rings (SSSR count). The van der Waals surface area contributed by atoms with Gasteiger partial charge in [0.1, 0.15) is 5.76 Å². The van der Waals surface area contributed by atoms with Crippen molar-refractivity contribution in [1.82, 2.24) is 15.2 Å². The second kappa shape index (κ2) is 3.61. The van der Waals surface area contributed by atoms with Crippen LogP contribution < -0.4 is 5.32 Å². The molecule has 2 aliphatic rings. The quantitative estimate of drug-likeness (QED) is 0.772. The van der Waals surface area contributed by atoms with Gasteiger partial charge in [0.25, 0.3) is 0 Å². The normalized spacial score (nSPS) is 31.0. The Labute approximate surface area is 89.7 Å². The van der Waals surface area contributed by atoms with E-state index in [9.17, 15) is 0 Å². The molecule has 2 unspecified atom stereocenters. The molecule has 0 spiro atoms. The first-order valence-electron chi connectivity index (χ1n) is 5.65. The molecule has 2 aliphatic heterocycles. The van der Waals surface area contributed by atoms with E-state index in [1.807, 2.05) is 6.92 Å². The summed E-state index contributed by atoms with van der Waals surface area (Å²) < 4.78 is 5.22. The summed E-state index contributed by atoms with van der Waals surface area (Å²) in [7, 11) is 0. The van der Waals surface area contributed by atoms with Crippen LogP contribution in [0.5, 0.6) is 0 Å². The summed E-state index contributed by atoms with van der Waals surface area (Å²) in [5.41, 5.74) is 1.10. The average molecular weight is 207 g/mol. The third-order valence-electron chi connectivity index (χ3n) is 3.68. The van der Waals surface area contributed by atoms with Crippen LogP contribution in [-0.4, -0.2) is 36.1 Å². The van der Waals surface area contributed by atoms with Crippen LogP contribution in [0.3, 0.4) is 0 Å². The second-order valence-electron chi connectivity index (χ2n) is 4.73. The number of hydrogen-bond acceptors (Lipinski definition) is 4. The molecule has 2 saturated heterocycles. The van der Waals surface area contributed by atoms with Crippen LogP contribution in [-0.2, 0) is 6.54 Å². The Morgan fingerprint density at radius 2 is 2.20 bits per heavy atom. The van der Waals surface area contributed by atoms with Crippen molar-refractivity contribution in [1.29, 1.82) is 0 Å². The predicted molar refractivity (Wildman–Crippen MR) is 56.4 cm³/mol. The van der Waals surface area contributed by atoms with Gasteiger partial charge in [0, 0.05) is 19.6 Å². The van der Waals surface area contributed by atoms with Crippen molar-refractivity contribution in [3.05, 3.63) is 17.8 Å². The van der Waals surface area contributed by atoms with E-state index in [1.54, 1.807) is 6.39 Å². The molecule has 82 valence electrons. The van der Waals surface area contributed by atoms with Crippen LogP contribution in [0.4, 0.5) is 0 Å². The Kier molecular flexibility index (Phi) is 2.25. The lowest BCUT2D eigenvalue weighted by Gasteiger charge is -2.15. The zero-order valence-electron chi connectivity index (χ0n) is 9.07. The van der Waals surface area contributed by atoms with E-state index < -0.39 is 0 Å². The van der Waals surface area contributed by atoms with Crippen molar-refractivity contribution < 1.29 is 4.42 Å². The van der Waals surface area contributed by atoms with Crippen LogP contribution in [0, 0.1) is 18.8 Å². The van der Waals surface area contributed by atoms with Crippen LogP contribution >= 0.6 is 0 Å². The molecule has 0 radical (unpaired) electrons.